The molecule has 0 saturated heterocycles. The van der Waals surface area contributed by atoms with Crippen LogP contribution in [-0.2, 0) is 11.3 Å². The zero-order valence-corrected chi connectivity index (χ0v) is 16.2. The number of nitrogens with zero attached hydrogens (tertiary/aromatic N) is 2. The number of carbonyl (C=O) groups is 1. The zero-order valence-electron chi connectivity index (χ0n) is 15.4. The Bertz CT molecular complexity index is 904. The fourth-order valence-electron chi connectivity index (χ4n) is 2.33. The van der Waals surface area contributed by atoms with Crippen LogP contribution in [-0.4, -0.2) is 21.7 Å². The normalized spacial score (nSPS) is 11.1. The van der Waals surface area contributed by atoms with Crippen molar-refractivity contribution >= 4 is 22.6 Å². The second-order valence-electron chi connectivity index (χ2n) is 6.79. The van der Waals surface area contributed by atoms with E-state index in [2.05, 4.69) is 15.3 Å². The molecule has 3 rings (SSSR count). The minimum Gasteiger partial charge on any atom is -0.489 e. The van der Waals surface area contributed by atoms with Gasteiger partial charge in [-0.15, -0.1) is 0 Å². The van der Waals surface area contributed by atoms with Crippen molar-refractivity contribution in [3.8, 4) is 16.2 Å². The summed E-state index contributed by atoms with van der Waals surface area (Å²) in [6.45, 7) is 5.88. The molecule has 1 N–H and O–H groups in total. The molecule has 0 aliphatic carbocycles. The number of anilines is 1. The Labute approximate surface area is 162 Å². The first-order valence-corrected chi connectivity index (χ1v) is 9.29. The topological polar surface area (TPSA) is 73.3 Å². The number of nitrogens with one attached hydrogen (secondary N) is 1. The molecule has 1 amide bonds. The lowest BCUT2D eigenvalue weighted by Crippen LogP contribution is -2.27. The third-order valence-corrected chi connectivity index (χ3v) is 4.39. The average molecular weight is 383 g/mol. The second kappa shape index (κ2) is 8.18. The van der Waals surface area contributed by atoms with Crippen molar-refractivity contribution in [2.45, 2.75) is 33.0 Å². The monoisotopic (exact) mass is 383 g/mol. The minimum absolute atomic E-state index is 0.424. The van der Waals surface area contributed by atoms with Gasteiger partial charge >= 0.3 is 6.09 Å². The van der Waals surface area contributed by atoms with Crippen molar-refractivity contribution in [3.05, 3.63) is 60.6 Å². The van der Waals surface area contributed by atoms with E-state index < -0.39 is 11.7 Å². The van der Waals surface area contributed by atoms with E-state index >= 15 is 0 Å². The van der Waals surface area contributed by atoms with Gasteiger partial charge in [0.05, 0.1) is 4.88 Å². The lowest BCUT2D eigenvalue weighted by molar-refractivity contribution is 0.0636. The number of pyridine rings is 1. The summed E-state index contributed by atoms with van der Waals surface area (Å²) < 4.78 is 11.1. The van der Waals surface area contributed by atoms with Crippen molar-refractivity contribution < 1.29 is 14.3 Å². The van der Waals surface area contributed by atoms with Crippen LogP contribution in [0.1, 0.15) is 26.3 Å². The highest BCUT2D eigenvalue weighted by molar-refractivity contribution is 7.19. The Morgan fingerprint density at radius 3 is 2.63 bits per heavy atom. The van der Waals surface area contributed by atoms with Crippen molar-refractivity contribution in [2.75, 3.05) is 5.32 Å². The van der Waals surface area contributed by atoms with Gasteiger partial charge in [-0.3, -0.25) is 10.3 Å². The molecule has 0 atom stereocenters. The number of ether oxygens (including phenoxy) is 2. The Balaban J connectivity index is 1.72. The van der Waals surface area contributed by atoms with E-state index in [9.17, 15) is 4.79 Å². The molecular weight excluding hydrogens is 362 g/mol. The summed E-state index contributed by atoms with van der Waals surface area (Å²) in [4.78, 5) is 21.1. The quantitative estimate of drug-likeness (QED) is 0.661. The highest BCUT2D eigenvalue weighted by Crippen LogP contribution is 2.32. The number of amides is 1. The molecule has 6 nitrogen and oxygen atoms in total. The molecule has 0 aliphatic rings. The number of rotatable bonds is 5. The summed E-state index contributed by atoms with van der Waals surface area (Å²) in [5.74, 6) is 0.761. The number of hydrogen-bond acceptors (Lipinski definition) is 6. The predicted molar refractivity (Wildman–Crippen MR) is 106 cm³/mol. The third-order valence-electron chi connectivity index (χ3n) is 3.44. The van der Waals surface area contributed by atoms with Gasteiger partial charge in [0.1, 0.15) is 18.0 Å². The summed E-state index contributed by atoms with van der Waals surface area (Å²) in [6.07, 6.45) is 4.61. The first kappa shape index (κ1) is 18.8. The van der Waals surface area contributed by atoms with Crippen LogP contribution in [0.4, 0.5) is 9.93 Å². The lowest BCUT2D eigenvalue weighted by Gasteiger charge is -2.18. The summed E-state index contributed by atoms with van der Waals surface area (Å²) >= 11 is 1.39. The highest BCUT2D eigenvalue weighted by atomic mass is 32.1. The third kappa shape index (κ3) is 5.52. The van der Waals surface area contributed by atoms with Gasteiger partial charge in [-0.1, -0.05) is 35.6 Å². The van der Waals surface area contributed by atoms with E-state index in [1.54, 1.807) is 18.6 Å². The largest absolute Gasteiger partial charge is 0.489 e. The SMILES string of the molecule is CC(C)(C)OC(=O)Nc1ncc(-c2ccccc2COc2ccncc2)s1. The Kier molecular flexibility index (Phi) is 5.71. The van der Waals surface area contributed by atoms with Gasteiger partial charge in [-0.05, 0) is 44.0 Å². The number of thiazole rings is 1. The number of carbonyl (C=O) groups excluding carboxylic acids is 1. The Morgan fingerprint density at radius 2 is 1.89 bits per heavy atom. The molecule has 0 spiro atoms. The van der Waals surface area contributed by atoms with Crippen molar-refractivity contribution in [2.24, 2.45) is 0 Å². The van der Waals surface area contributed by atoms with Crippen molar-refractivity contribution in [1.29, 1.82) is 0 Å². The van der Waals surface area contributed by atoms with Crippen LogP contribution < -0.4 is 10.1 Å². The van der Waals surface area contributed by atoms with Gasteiger partial charge < -0.3 is 9.47 Å². The molecule has 2 heterocycles. The molecule has 3 aromatic rings. The van der Waals surface area contributed by atoms with Gasteiger partial charge in [0.2, 0.25) is 0 Å². The summed E-state index contributed by atoms with van der Waals surface area (Å²) in [5.41, 5.74) is 1.49. The summed E-state index contributed by atoms with van der Waals surface area (Å²) in [5, 5.41) is 3.16. The van der Waals surface area contributed by atoms with Gasteiger partial charge in [0.15, 0.2) is 5.13 Å². The van der Waals surface area contributed by atoms with Crippen LogP contribution in [0, 0.1) is 0 Å². The average Bonchev–Trinajstić information content (AvgIpc) is 3.07. The van der Waals surface area contributed by atoms with Crippen LogP contribution in [0.5, 0.6) is 5.75 Å². The Morgan fingerprint density at radius 1 is 1.15 bits per heavy atom. The smallest absolute Gasteiger partial charge is 0.413 e. The molecule has 0 aliphatic heterocycles. The van der Waals surface area contributed by atoms with Gasteiger partial charge in [-0.2, -0.15) is 0 Å². The molecule has 0 fully saturated rings. The predicted octanol–water partition coefficient (Wildman–Crippen LogP) is 5.13. The van der Waals surface area contributed by atoms with Crippen molar-refractivity contribution in [1.82, 2.24) is 9.97 Å². The molecule has 0 saturated carbocycles. The molecule has 2 aromatic heterocycles. The van der Waals surface area contributed by atoms with Gasteiger partial charge in [0.25, 0.3) is 0 Å². The molecule has 140 valence electrons. The molecule has 0 radical (unpaired) electrons. The summed E-state index contributed by atoms with van der Waals surface area (Å²) in [7, 11) is 0. The summed E-state index contributed by atoms with van der Waals surface area (Å²) in [6, 6.07) is 11.6. The van der Waals surface area contributed by atoms with Crippen LogP contribution in [0.25, 0.3) is 10.4 Å². The van der Waals surface area contributed by atoms with E-state index in [4.69, 9.17) is 9.47 Å². The number of benzene rings is 1. The highest BCUT2D eigenvalue weighted by Gasteiger charge is 2.18. The fraction of sp³-hybridized carbons (Fsp3) is 0.250. The maximum absolute atomic E-state index is 11.9. The Hall–Kier alpha value is -2.93. The molecule has 0 bridgehead atoms. The molecule has 0 unspecified atom stereocenters. The van der Waals surface area contributed by atoms with Crippen LogP contribution >= 0.6 is 11.3 Å². The number of hydrogen-bond donors (Lipinski definition) is 1. The van der Waals surface area contributed by atoms with Crippen LogP contribution in [0.15, 0.2) is 55.0 Å². The van der Waals surface area contributed by atoms with E-state index in [-0.39, 0.29) is 0 Å². The van der Waals surface area contributed by atoms with Crippen LogP contribution in [0.2, 0.25) is 0 Å². The minimum atomic E-state index is -0.554. The van der Waals surface area contributed by atoms with Crippen molar-refractivity contribution in [3.63, 3.8) is 0 Å². The zero-order chi connectivity index (χ0) is 19.3. The van der Waals surface area contributed by atoms with Crippen LogP contribution in [0.3, 0.4) is 0 Å². The molecule has 1 aromatic carbocycles. The number of aromatic nitrogens is 2. The van der Waals surface area contributed by atoms with E-state index in [1.165, 1.54) is 11.3 Å². The lowest BCUT2D eigenvalue weighted by atomic mass is 10.1. The van der Waals surface area contributed by atoms with E-state index in [0.717, 1.165) is 21.8 Å². The van der Waals surface area contributed by atoms with E-state index in [1.807, 2.05) is 57.2 Å². The molecule has 7 heteroatoms. The first-order chi connectivity index (χ1) is 12.9. The fourth-order valence-corrected chi connectivity index (χ4v) is 3.19. The molecule has 27 heavy (non-hydrogen) atoms. The first-order valence-electron chi connectivity index (χ1n) is 8.48. The second-order valence-corrected chi connectivity index (χ2v) is 7.82. The van der Waals surface area contributed by atoms with E-state index in [0.29, 0.717) is 11.7 Å². The maximum Gasteiger partial charge on any atom is 0.413 e. The standard InChI is InChI=1S/C20H21N3O3S/c1-20(2,3)26-19(24)23-18-22-12-17(27-18)16-7-5-4-6-14(16)13-25-15-8-10-21-11-9-15/h4-12H,13H2,1-3H3,(H,22,23,24). The molecular formula is C20H21N3O3S. The van der Waals surface area contributed by atoms with Gasteiger partial charge in [0, 0.05) is 18.6 Å². The van der Waals surface area contributed by atoms with Gasteiger partial charge in [-0.25, -0.2) is 9.78 Å². The maximum atomic E-state index is 11.9.